The Morgan fingerprint density at radius 3 is 2.45 bits per heavy atom. The molecular weight excluding hydrogens is 262 g/mol. The van der Waals surface area contributed by atoms with Crippen molar-refractivity contribution in [3.8, 4) is 0 Å². The van der Waals surface area contributed by atoms with Gasteiger partial charge >= 0.3 is 12.1 Å². The van der Waals surface area contributed by atoms with Crippen LogP contribution in [0.5, 0.6) is 0 Å². The smallest absolute Gasteiger partial charge is 0.410 e. The molecule has 1 saturated heterocycles. The maximum atomic E-state index is 12.0. The van der Waals surface area contributed by atoms with E-state index in [1.807, 2.05) is 0 Å². The van der Waals surface area contributed by atoms with E-state index in [0.717, 1.165) is 0 Å². The lowest BCUT2D eigenvalue weighted by Gasteiger charge is -2.41. The second-order valence-corrected chi connectivity index (χ2v) is 6.23. The van der Waals surface area contributed by atoms with E-state index in [2.05, 4.69) is 0 Å². The second-order valence-electron chi connectivity index (χ2n) is 6.23. The van der Waals surface area contributed by atoms with Gasteiger partial charge < -0.3 is 19.5 Å². The summed E-state index contributed by atoms with van der Waals surface area (Å²) < 4.78 is 10.2. The molecule has 1 rings (SSSR count). The predicted molar refractivity (Wildman–Crippen MR) is 73.2 cm³/mol. The Hall–Kier alpha value is -1.30. The molecule has 0 aromatic heterocycles. The molecule has 0 bridgehead atoms. The lowest BCUT2D eigenvalue weighted by atomic mass is 9.87. The van der Waals surface area contributed by atoms with Crippen LogP contribution in [0.3, 0.4) is 0 Å². The van der Waals surface area contributed by atoms with Crippen molar-refractivity contribution in [2.45, 2.75) is 64.7 Å². The maximum absolute atomic E-state index is 12.0. The number of rotatable bonds is 2. The quantitative estimate of drug-likeness (QED) is 0.782. The maximum Gasteiger partial charge on any atom is 0.410 e. The van der Waals surface area contributed by atoms with E-state index < -0.39 is 23.3 Å². The van der Waals surface area contributed by atoms with Gasteiger partial charge in [-0.3, -0.25) is 0 Å². The second kappa shape index (κ2) is 5.99. The van der Waals surface area contributed by atoms with E-state index in [1.54, 1.807) is 39.5 Å². The Kier molecular flexibility index (Phi) is 5.02. The summed E-state index contributed by atoms with van der Waals surface area (Å²) in [5.74, 6) is -0.615. The van der Waals surface area contributed by atoms with Crippen LogP contribution in [0.15, 0.2) is 0 Å². The Morgan fingerprint density at radius 2 is 2.00 bits per heavy atom. The van der Waals surface area contributed by atoms with Crippen LogP contribution in [0.4, 0.5) is 4.79 Å². The highest BCUT2D eigenvalue weighted by molar-refractivity contribution is 5.80. The summed E-state index contributed by atoms with van der Waals surface area (Å²) in [5.41, 5.74) is -2.07. The van der Waals surface area contributed by atoms with E-state index in [0.29, 0.717) is 0 Å². The third-order valence-corrected chi connectivity index (χ3v) is 3.21. The average molecular weight is 287 g/mol. The summed E-state index contributed by atoms with van der Waals surface area (Å²) in [4.78, 5) is 25.3. The molecule has 0 radical (unpaired) electrons. The minimum absolute atomic E-state index is 0.158. The molecule has 1 N–H and O–H groups in total. The van der Waals surface area contributed by atoms with Gasteiger partial charge in [-0.25, -0.2) is 9.59 Å². The van der Waals surface area contributed by atoms with Crippen LogP contribution in [0.2, 0.25) is 0 Å². The number of hydrogen-bond acceptors (Lipinski definition) is 5. The van der Waals surface area contributed by atoms with Crippen molar-refractivity contribution >= 4 is 12.1 Å². The summed E-state index contributed by atoms with van der Waals surface area (Å²) in [6.45, 7) is 9.38. The van der Waals surface area contributed by atoms with Crippen molar-refractivity contribution in [2.75, 3.05) is 13.2 Å². The normalized spacial score (nSPS) is 27.1. The number of aliphatic hydroxyl groups is 1. The van der Waals surface area contributed by atoms with Gasteiger partial charge in [0.25, 0.3) is 0 Å². The fraction of sp³-hybridized carbons (Fsp3) is 0.857. The summed E-state index contributed by atoms with van der Waals surface area (Å²) >= 11 is 0. The fourth-order valence-corrected chi connectivity index (χ4v) is 2.27. The molecule has 1 heterocycles. The Balaban J connectivity index is 2.68. The monoisotopic (exact) mass is 287 g/mol. The molecule has 0 aromatic rings. The average Bonchev–Trinajstić information content (AvgIpc) is 2.26. The Morgan fingerprint density at radius 1 is 1.40 bits per heavy atom. The number of carbonyl (C=O) groups excluding carboxylic acids is 2. The van der Waals surface area contributed by atoms with Gasteiger partial charge in [-0.15, -0.1) is 0 Å². The zero-order chi connectivity index (χ0) is 15.6. The Bertz CT molecular complexity index is 376. The molecule has 1 aliphatic heterocycles. The van der Waals surface area contributed by atoms with Crippen molar-refractivity contribution in [1.29, 1.82) is 0 Å². The van der Waals surface area contributed by atoms with E-state index in [9.17, 15) is 14.7 Å². The first-order valence-corrected chi connectivity index (χ1v) is 6.98. The molecule has 6 heteroatoms. The molecule has 6 nitrogen and oxygen atoms in total. The van der Waals surface area contributed by atoms with Gasteiger partial charge in [-0.1, -0.05) is 0 Å². The van der Waals surface area contributed by atoms with Crippen molar-refractivity contribution < 1.29 is 24.2 Å². The summed E-state index contributed by atoms with van der Waals surface area (Å²) in [6, 6.07) is -0.284. The van der Waals surface area contributed by atoms with Crippen LogP contribution in [-0.4, -0.2) is 52.5 Å². The van der Waals surface area contributed by atoms with Gasteiger partial charge in [0.05, 0.1) is 6.61 Å². The lowest BCUT2D eigenvalue weighted by Crippen LogP contribution is -2.56. The number of piperidine rings is 1. The molecule has 0 aliphatic carbocycles. The number of ether oxygens (including phenoxy) is 2. The van der Waals surface area contributed by atoms with Gasteiger partial charge in [-0.05, 0) is 34.6 Å². The highest BCUT2D eigenvalue weighted by Crippen LogP contribution is 2.29. The summed E-state index contributed by atoms with van der Waals surface area (Å²) in [7, 11) is 0. The van der Waals surface area contributed by atoms with Crippen LogP contribution < -0.4 is 0 Å². The first kappa shape index (κ1) is 16.8. The molecule has 1 amide bonds. The van der Waals surface area contributed by atoms with Crippen molar-refractivity contribution in [3.05, 3.63) is 0 Å². The SMILES string of the molecule is CCOC(=O)C1(O)CCN(C(=O)OC(C)(C)C)C(C)C1. The van der Waals surface area contributed by atoms with Crippen LogP contribution >= 0.6 is 0 Å². The molecule has 1 fully saturated rings. The summed E-state index contributed by atoms with van der Waals surface area (Å²) in [6.07, 6.45) is -0.101. The lowest BCUT2D eigenvalue weighted by molar-refractivity contribution is -0.171. The summed E-state index contributed by atoms with van der Waals surface area (Å²) in [5, 5.41) is 10.3. The molecule has 0 aromatic carbocycles. The van der Waals surface area contributed by atoms with E-state index in [4.69, 9.17) is 9.47 Å². The van der Waals surface area contributed by atoms with E-state index >= 15 is 0 Å². The van der Waals surface area contributed by atoms with Crippen LogP contribution in [0.1, 0.15) is 47.5 Å². The zero-order valence-corrected chi connectivity index (χ0v) is 12.9. The number of carbonyl (C=O) groups is 2. The van der Waals surface area contributed by atoms with Crippen molar-refractivity contribution in [3.63, 3.8) is 0 Å². The van der Waals surface area contributed by atoms with Crippen molar-refractivity contribution in [2.24, 2.45) is 0 Å². The number of nitrogens with zero attached hydrogens (tertiary/aromatic N) is 1. The number of esters is 1. The number of likely N-dealkylation sites (tertiary alicyclic amines) is 1. The third-order valence-electron chi connectivity index (χ3n) is 3.21. The predicted octanol–water partition coefficient (Wildman–Crippen LogP) is 1.70. The topological polar surface area (TPSA) is 76.1 Å². The van der Waals surface area contributed by atoms with Crippen LogP contribution in [0.25, 0.3) is 0 Å². The highest BCUT2D eigenvalue weighted by atomic mass is 16.6. The molecule has 20 heavy (non-hydrogen) atoms. The largest absolute Gasteiger partial charge is 0.464 e. The number of amides is 1. The van der Waals surface area contributed by atoms with Gasteiger partial charge in [-0.2, -0.15) is 0 Å². The molecule has 0 spiro atoms. The number of hydrogen-bond donors (Lipinski definition) is 1. The first-order chi connectivity index (χ1) is 9.09. The Labute approximate surface area is 120 Å². The fourth-order valence-electron chi connectivity index (χ4n) is 2.27. The molecular formula is C14H25NO5. The molecule has 0 saturated carbocycles. The third kappa shape index (κ3) is 4.10. The van der Waals surface area contributed by atoms with Gasteiger partial charge in [0, 0.05) is 25.4 Å². The first-order valence-electron chi connectivity index (χ1n) is 6.98. The minimum Gasteiger partial charge on any atom is -0.464 e. The van der Waals surface area contributed by atoms with E-state index in [-0.39, 0.29) is 32.0 Å². The van der Waals surface area contributed by atoms with Crippen LogP contribution in [-0.2, 0) is 14.3 Å². The van der Waals surface area contributed by atoms with E-state index in [1.165, 1.54) is 0 Å². The molecule has 2 unspecified atom stereocenters. The standard InChI is InChI=1S/C14H25NO5/c1-6-19-11(16)14(18)7-8-15(10(2)9-14)12(17)20-13(3,4)5/h10,18H,6-9H2,1-5H3. The van der Waals surface area contributed by atoms with Gasteiger partial charge in [0.1, 0.15) is 5.60 Å². The highest BCUT2D eigenvalue weighted by Gasteiger charge is 2.45. The van der Waals surface area contributed by atoms with Crippen molar-refractivity contribution in [1.82, 2.24) is 4.90 Å². The van der Waals surface area contributed by atoms with Gasteiger partial charge in [0.2, 0.25) is 0 Å². The molecule has 1 aliphatic rings. The zero-order valence-electron chi connectivity index (χ0n) is 12.9. The van der Waals surface area contributed by atoms with Gasteiger partial charge in [0.15, 0.2) is 5.60 Å². The molecule has 116 valence electrons. The minimum atomic E-state index is -1.51. The molecule has 2 atom stereocenters. The van der Waals surface area contributed by atoms with Crippen LogP contribution in [0, 0.1) is 0 Å².